The first-order valence-electron chi connectivity index (χ1n) is 15.9. The Morgan fingerprint density at radius 1 is 0.590 bits per heavy atom. The normalized spacial score (nSPS) is 15.6. The van der Waals surface area contributed by atoms with Crippen molar-refractivity contribution in [3.05, 3.63) is 60.7 Å². The zero-order chi connectivity index (χ0) is 28.7. The van der Waals surface area contributed by atoms with Crippen LogP contribution in [-0.4, -0.2) is 19.4 Å². The van der Waals surface area contributed by atoms with Crippen LogP contribution in [0.3, 0.4) is 0 Å². The molecule has 0 bridgehead atoms. The topological polar surface area (TPSA) is 9.23 Å². The number of rotatable bonds is 19. The minimum Gasteiger partial charge on any atom is -0.407 e. The van der Waals surface area contributed by atoms with Gasteiger partial charge in [-0.15, -0.1) is 0 Å². The molecule has 2 rings (SSSR count). The van der Waals surface area contributed by atoms with Crippen molar-refractivity contribution >= 4 is 41.3 Å². The first-order valence-corrected chi connectivity index (χ1v) is 19.3. The fourth-order valence-electron chi connectivity index (χ4n) is 6.18. The summed E-state index contributed by atoms with van der Waals surface area (Å²) in [5.74, 6) is 3.22. The van der Waals surface area contributed by atoms with Crippen LogP contribution in [0.25, 0.3) is 0 Å². The van der Waals surface area contributed by atoms with Crippen molar-refractivity contribution in [3.63, 3.8) is 0 Å². The van der Waals surface area contributed by atoms with E-state index in [9.17, 15) is 0 Å². The molecular formula is C36H59IOSi. The number of alkyl halides is 1. The van der Waals surface area contributed by atoms with Crippen molar-refractivity contribution in [2.45, 2.75) is 118 Å². The smallest absolute Gasteiger partial charge is 0.261 e. The molecule has 0 heterocycles. The lowest BCUT2D eigenvalue weighted by atomic mass is 9.91. The van der Waals surface area contributed by atoms with Gasteiger partial charge in [0.05, 0.1) is 0 Å². The van der Waals surface area contributed by atoms with E-state index >= 15 is 0 Å². The maximum atomic E-state index is 7.18. The Morgan fingerprint density at radius 3 is 1.31 bits per heavy atom. The molecule has 0 spiro atoms. The van der Waals surface area contributed by atoms with Crippen LogP contribution < -0.4 is 10.4 Å². The second kappa shape index (κ2) is 18.0. The summed E-state index contributed by atoms with van der Waals surface area (Å²) < 4.78 is 8.48. The van der Waals surface area contributed by atoms with Gasteiger partial charge in [-0.05, 0) is 56.4 Å². The minimum absolute atomic E-state index is 0.0501. The third-order valence-corrected chi connectivity index (χ3v) is 14.4. The molecule has 0 aliphatic rings. The van der Waals surface area contributed by atoms with Crippen molar-refractivity contribution in [2.24, 2.45) is 23.7 Å². The maximum Gasteiger partial charge on any atom is 0.261 e. The van der Waals surface area contributed by atoms with Gasteiger partial charge in [-0.1, -0.05) is 183 Å². The average Bonchev–Trinajstić information content (AvgIpc) is 2.89. The highest BCUT2D eigenvalue weighted by Crippen LogP contribution is 2.37. The van der Waals surface area contributed by atoms with Gasteiger partial charge in [0.15, 0.2) is 0 Å². The van der Waals surface area contributed by atoms with Crippen molar-refractivity contribution in [3.8, 4) is 0 Å². The summed E-state index contributed by atoms with van der Waals surface area (Å²) in [4.78, 5) is 0. The van der Waals surface area contributed by atoms with Crippen molar-refractivity contribution in [1.29, 1.82) is 0 Å². The summed E-state index contributed by atoms with van der Waals surface area (Å²) in [6.07, 6.45) is 13.8. The summed E-state index contributed by atoms with van der Waals surface area (Å²) in [6, 6.07) is 22.1. The molecule has 0 fully saturated rings. The van der Waals surface area contributed by atoms with Crippen LogP contribution in [0.1, 0.15) is 113 Å². The lowest BCUT2D eigenvalue weighted by molar-refractivity contribution is 0.232. The highest BCUT2D eigenvalue weighted by atomic mass is 127. The van der Waals surface area contributed by atoms with Crippen LogP contribution in [-0.2, 0) is 4.43 Å². The van der Waals surface area contributed by atoms with Gasteiger partial charge in [0.25, 0.3) is 8.32 Å². The van der Waals surface area contributed by atoms with E-state index in [0.717, 1.165) is 24.4 Å². The molecule has 4 atom stereocenters. The Bertz CT molecular complexity index is 838. The van der Waals surface area contributed by atoms with E-state index < -0.39 is 8.32 Å². The first-order chi connectivity index (χ1) is 18.6. The second-order valence-electron chi connectivity index (χ2n) is 13.7. The van der Waals surface area contributed by atoms with Crippen LogP contribution in [0.4, 0.5) is 0 Å². The van der Waals surface area contributed by atoms with Crippen molar-refractivity contribution in [2.75, 3.05) is 11.0 Å². The largest absolute Gasteiger partial charge is 0.407 e. The molecule has 0 N–H and O–H groups in total. The molecule has 0 saturated carbocycles. The van der Waals surface area contributed by atoms with Crippen LogP contribution in [0.2, 0.25) is 5.04 Å². The minimum atomic E-state index is -2.42. The van der Waals surface area contributed by atoms with E-state index in [1.54, 1.807) is 0 Å². The van der Waals surface area contributed by atoms with Gasteiger partial charge in [0.2, 0.25) is 0 Å². The number of benzene rings is 2. The summed E-state index contributed by atoms with van der Waals surface area (Å²) in [5.41, 5.74) is 0. The van der Waals surface area contributed by atoms with E-state index in [1.807, 2.05) is 0 Å². The lowest BCUT2D eigenvalue weighted by Crippen LogP contribution is -2.66. The first kappa shape index (κ1) is 34.5. The van der Waals surface area contributed by atoms with Gasteiger partial charge in [0, 0.05) is 6.61 Å². The van der Waals surface area contributed by atoms with E-state index in [-0.39, 0.29) is 5.04 Å². The molecule has 220 valence electrons. The highest BCUT2D eigenvalue weighted by Gasteiger charge is 2.50. The number of hydrogen-bond acceptors (Lipinski definition) is 1. The van der Waals surface area contributed by atoms with E-state index in [0.29, 0.717) is 5.92 Å². The zero-order valence-corrected chi connectivity index (χ0v) is 29.5. The monoisotopic (exact) mass is 662 g/mol. The Balaban J connectivity index is 1.80. The number of hydrogen-bond donors (Lipinski definition) is 0. The lowest BCUT2D eigenvalue weighted by Gasteiger charge is -2.43. The molecule has 2 aromatic rings. The summed E-state index contributed by atoms with van der Waals surface area (Å²) in [7, 11) is -2.42. The van der Waals surface area contributed by atoms with Gasteiger partial charge in [0.1, 0.15) is 0 Å². The number of halogens is 1. The zero-order valence-electron chi connectivity index (χ0n) is 26.4. The Morgan fingerprint density at radius 2 is 0.949 bits per heavy atom. The molecule has 0 aliphatic heterocycles. The third kappa shape index (κ3) is 11.6. The van der Waals surface area contributed by atoms with E-state index in [4.69, 9.17) is 4.43 Å². The van der Waals surface area contributed by atoms with Gasteiger partial charge in [-0.3, -0.25) is 0 Å². The van der Waals surface area contributed by atoms with E-state index in [2.05, 4.69) is 132 Å². The molecule has 3 heteroatoms. The molecule has 0 saturated heterocycles. The molecule has 1 nitrogen and oxygen atoms in total. The summed E-state index contributed by atoms with van der Waals surface area (Å²) in [5, 5.41) is 2.82. The summed E-state index contributed by atoms with van der Waals surface area (Å²) in [6.45, 7) is 17.7. The second-order valence-corrected chi connectivity index (χ2v) is 19.0. The Labute approximate surface area is 257 Å². The average molecular weight is 663 g/mol. The van der Waals surface area contributed by atoms with Gasteiger partial charge >= 0.3 is 0 Å². The third-order valence-electron chi connectivity index (χ3n) is 8.78. The molecule has 0 unspecified atom stereocenters. The standard InChI is InChI=1S/C36H59IOSi/c1-30(19-15-21-32(3)27-28-37)17-14-18-31(2)20-16-22-33(4)29-38-39(36(5,6)7,34-23-10-8-11-24-34)35-25-12-9-13-26-35/h8-13,23-26,30-33H,14-22,27-29H2,1-7H3/t30-,31+,32-,33+/m1/s1. The van der Waals surface area contributed by atoms with Crippen molar-refractivity contribution in [1.82, 2.24) is 0 Å². The summed E-state index contributed by atoms with van der Waals surface area (Å²) >= 11 is 2.51. The fraction of sp³-hybridized carbons (Fsp3) is 0.667. The fourth-order valence-corrected chi connectivity index (χ4v) is 11.9. The molecular weight excluding hydrogens is 603 g/mol. The molecule has 39 heavy (non-hydrogen) atoms. The molecule has 0 aromatic heterocycles. The highest BCUT2D eigenvalue weighted by molar-refractivity contribution is 14.1. The predicted molar refractivity (Wildman–Crippen MR) is 185 cm³/mol. The predicted octanol–water partition coefficient (Wildman–Crippen LogP) is 10.4. The Hall–Kier alpha value is -0.653. The van der Waals surface area contributed by atoms with E-state index in [1.165, 1.54) is 79.0 Å². The van der Waals surface area contributed by atoms with Crippen LogP contribution in [0, 0.1) is 23.7 Å². The van der Waals surface area contributed by atoms with Gasteiger partial charge in [-0.2, -0.15) is 0 Å². The Kier molecular flexibility index (Phi) is 15.9. The van der Waals surface area contributed by atoms with Crippen LogP contribution >= 0.6 is 22.6 Å². The van der Waals surface area contributed by atoms with Crippen LogP contribution in [0.5, 0.6) is 0 Å². The molecule has 0 amide bonds. The molecule has 0 radical (unpaired) electrons. The SMILES string of the molecule is C[C@H](CCC[C@H](C)CCC[C@H](C)CO[Si](c1ccccc1)(c1ccccc1)C(C)(C)C)CCC[C@@H](C)CCI. The molecule has 2 aromatic carbocycles. The van der Waals surface area contributed by atoms with Crippen LogP contribution in [0.15, 0.2) is 60.7 Å². The van der Waals surface area contributed by atoms with Crippen molar-refractivity contribution < 1.29 is 4.43 Å². The van der Waals surface area contributed by atoms with Gasteiger partial charge < -0.3 is 4.43 Å². The maximum absolute atomic E-state index is 7.18. The van der Waals surface area contributed by atoms with Gasteiger partial charge in [-0.25, -0.2) is 0 Å². The molecule has 0 aliphatic carbocycles. The quantitative estimate of drug-likeness (QED) is 0.0827.